The van der Waals surface area contributed by atoms with Crippen LogP contribution < -0.4 is 0 Å². The zero-order valence-electron chi connectivity index (χ0n) is 9.86. The number of thioether (sulfide) groups is 1. The van der Waals surface area contributed by atoms with Crippen LogP contribution in [0, 0.1) is 0 Å². The molecule has 90 valence electrons. The molecule has 0 amide bonds. The molecule has 2 heteroatoms. The Hall–Kier alpha value is -0.470. The third-order valence-electron chi connectivity index (χ3n) is 2.79. The molecule has 17 heavy (non-hydrogen) atoms. The highest BCUT2D eigenvalue weighted by Gasteiger charge is 2.00. The normalized spacial score (nSPS) is 10.9. The van der Waals surface area contributed by atoms with E-state index < -0.39 is 0 Å². The van der Waals surface area contributed by atoms with Crippen molar-refractivity contribution >= 4 is 38.5 Å². The van der Waals surface area contributed by atoms with E-state index in [1.807, 2.05) is 11.8 Å². The van der Waals surface area contributed by atoms with Crippen molar-refractivity contribution in [2.45, 2.75) is 24.2 Å². The Labute approximate surface area is 116 Å². The van der Waals surface area contributed by atoms with Crippen LogP contribution in [-0.2, 0) is 0 Å². The monoisotopic (exact) mass is 308 g/mol. The summed E-state index contributed by atoms with van der Waals surface area (Å²) in [6, 6.07) is 15.2. The molecule has 0 atom stereocenters. The molecule has 0 nitrogen and oxygen atoms in total. The minimum atomic E-state index is 1.13. The lowest BCUT2D eigenvalue weighted by Gasteiger charge is -2.05. The van der Waals surface area contributed by atoms with Crippen molar-refractivity contribution in [2.24, 2.45) is 0 Å². The fraction of sp³-hybridized carbons (Fsp3) is 0.333. The molecule has 2 rings (SSSR count). The number of unbranched alkanes of at least 4 members (excludes halogenated alkanes) is 2. The molecule has 0 fully saturated rings. The highest BCUT2D eigenvalue weighted by Crippen LogP contribution is 2.28. The maximum absolute atomic E-state index is 3.47. The standard InChI is InChI=1S/C15H17BrS/c16-11-4-1-5-12-17-15-10-6-8-13-7-2-3-9-14(13)15/h2-3,6-10H,1,4-5,11-12H2. The fourth-order valence-corrected chi connectivity index (χ4v) is 3.36. The van der Waals surface area contributed by atoms with Crippen LogP contribution >= 0.6 is 27.7 Å². The maximum atomic E-state index is 3.47. The maximum Gasteiger partial charge on any atom is 0.0150 e. The number of alkyl halides is 1. The number of halogens is 1. The van der Waals surface area contributed by atoms with Crippen LogP contribution in [0.4, 0.5) is 0 Å². The lowest BCUT2D eigenvalue weighted by molar-refractivity contribution is 0.789. The average Bonchev–Trinajstić information content (AvgIpc) is 2.39. The van der Waals surface area contributed by atoms with E-state index in [4.69, 9.17) is 0 Å². The summed E-state index contributed by atoms with van der Waals surface area (Å²) in [6.07, 6.45) is 3.92. The van der Waals surface area contributed by atoms with Gasteiger partial charge in [0.1, 0.15) is 0 Å². The van der Waals surface area contributed by atoms with Gasteiger partial charge in [0, 0.05) is 10.2 Å². The first kappa shape index (κ1) is 13.0. The lowest BCUT2D eigenvalue weighted by atomic mass is 10.1. The van der Waals surface area contributed by atoms with Crippen LogP contribution in [0.5, 0.6) is 0 Å². The van der Waals surface area contributed by atoms with Gasteiger partial charge in [-0.15, -0.1) is 11.8 Å². The van der Waals surface area contributed by atoms with E-state index in [1.54, 1.807) is 0 Å². The molecule has 0 aliphatic heterocycles. The summed E-state index contributed by atoms with van der Waals surface area (Å²) in [7, 11) is 0. The second-order valence-corrected chi connectivity index (χ2v) is 6.01. The van der Waals surface area contributed by atoms with Gasteiger partial charge < -0.3 is 0 Å². The Kier molecular flexibility index (Phi) is 5.40. The van der Waals surface area contributed by atoms with E-state index in [9.17, 15) is 0 Å². The van der Waals surface area contributed by atoms with E-state index in [0.717, 1.165) is 5.33 Å². The van der Waals surface area contributed by atoms with Crippen LogP contribution in [0.2, 0.25) is 0 Å². The van der Waals surface area contributed by atoms with Crippen molar-refractivity contribution in [1.82, 2.24) is 0 Å². The number of fused-ring (bicyclic) bond motifs is 1. The second-order valence-electron chi connectivity index (χ2n) is 4.08. The van der Waals surface area contributed by atoms with Crippen LogP contribution in [0.1, 0.15) is 19.3 Å². The molecule has 0 unspecified atom stereocenters. The summed E-state index contributed by atoms with van der Waals surface area (Å²) in [5.41, 5.74) is 0. The molecular formula is C15H17BrS. The quantitative estimate of drug-likeness (QED) is 0.386. The van der Waals surface area contributed by atoms with Crippen molar-refractivity contribution in [3.8, 4) is 0 Å². The zero-order chi connectivity index (χ0) is 11.9. The van der Waals surface area contributed by atoms with Crippen molar-refractivity contribution < 1.29 is 0 Å². The van der Waals surface area contributed by atoms with E-state index in [1.165, 1.54) is 40.7 Å². The number of hydrogen-bond acceptors (Lipinski definition) is 1. The molecule has 0 aromatic heterocycles. The zero-order valence-corrected chi connectivity index (χ0v) is 12.3. The summed E-state index contributed by atoms with van der Waals surface area (Å²) >= 11 is 5.46. The van der Waals surface area contributed by atoms with Crippen molar-refractivity contribution in [2.75, 3.05) is 11.1 Å². The first-order chi connectivity index (χ1) is 8.42. The molecule has 0 spiro atoms. The summed E-state index contributed by atoms with van der Waals surface area (Å²) in [5.74, 6) is 1.22. The Balaban J connectivity index is 1.98. The molecule has 0 saturated carbocycles. The van der Waals surface area contributed by atoms with E-state index in [2.05, 4.69) is 58.4 Å². The van der Waals surface area contributed by atoms with Crippen LogP contribution in [0.15, 0.2) is 47.4 Å². The third-order valence-corrected chi connectivity index (χ3v) is 4.51. The molecule has 0 bridgehead atoms. The van der Waals surface area contributed by atoms with Gasteiger partial charge in [-0.05, 0) is 35.4 Å². The minimum absolute atomic E-state index is 1.13. The topological polar surface area (TPSA) is 0 Å². The van der Waals surface area contributed by atoms with Gasteiger partial charge in [-0.3, -0.25) is 0 Å². The van der Waals surface area contributed by atoms with Crippen molar-refractivity contribution in [1.29, 1.82) is 0 Å². The second kappa shape index (κ2) is 7.07. The van der Waals surface area contributed by atoms with Crippen LogP contribution in [0.3, 0.4) is 0 Å². The molecule has 0 saturated heterocycles. The van der Waals surface area contributed by atoms with Gasteiger partial charge in [0.2, 0.25) is 0 Å². The molecule has 0 N–H and O–H groups in total. The summed E-state index contributed by atoms with van der Waals surface area (Å²) < 4.78 is 0. The fourth-order valence-electron chi connectivity index (χ4n) is 1.88. The Morgan fingerprint density at radius 3 is 2.59 bits per heavy atom. The highest BCUT2D eigenvalue weighted by atomic mass is 79.9. The van der Waals surface area contributed by atoms with Gasteiger partial charge in [0.25, 0.3) is 0 Å². The molecular weight excluding hydrogens is 292 g/mol. The molecule has 2 aromatic rings. The lowest BCUT2D eigenvalue weighted by Crippen LogP contribution is -1.83. The van der Waals surface area contributed by atoms with Gasteiger partial charge in [-0.25, -0.2) is 0 Å². The average molecular weight is 309 g/mol. The van der Waals surface area contributed by atoms with E-state index >= 15 is 0 Å². The Morgan fingerprint density at radius 2 is 1.71 bits per heavy atom. The van der Waals surface area contributed by atoms with Crippen molar-refractivity contribution in [3.63, 3.8) is 0 Å². The number of rotatable bonds is 6. The summed E-state index contributed by atoms with van der Waals surface area (Å²) in [4.78, 5) is 1.42. The SMILES string of the molecule is BrCCCCCSc1cccc2ccccc12. The van der Waals surface area contributed by atoms with E-state index in [-0.39, 0.29) is 0 Å². The van der Waals surface area contributed by atoms with Crippen LogP contribution in [-0.4, -0.2) is 11.1 Å². The summed E-state index contributed by atoms with van der Waals surface area (Å²) in [6.45, 7) is 0. The van der Waals surface area contributed by atoms with Crippen molar-refractivity contribution in [3.05, 3.63) is 42.5 Å². The number of benzene rings is 2. The van der Waals surface area contributed by atoms with Gasteiger partial charge in [0.15, 0.2) is 0 Å². The van der Waals surface area contributed by atoms with Gasteiger partial charge in [0.05, 0.1) is 0 Å². The predicted molar refractivity (Wildman–Crippen MR) is 82.3 cm³/mol. The Bertz CT molecular complexity index is 462. The highest BCUT2D eigenvalue weighted by molar-refractivity contribution is 9.09. The largest absolute Gasteiger partial charge is 0.126 e. The summed E-state index contributed by atoms with van der Waals surface area (Å²) in [5, 5.41) is 3.87. The van der Waals surface area contributed by atoms with E-state index in [0.29, 0.717) is 0 Å². The molecule has 0 aliphatic rings. The number of hydrogen-bond donors (Lipinski definition) is 0. The Morgan fingerprint density at radius 1 is 0.882 bits per heavy atom. The van der Waals surface area contributed by atoms with Gasteiger partial charge in [-0.1, -0.05) is 58.7 Å². The van der Waals surface area contributed by atoms with Gasteiger partial charge >= 0.3 is 0 Å². The van der Waals surface area contributed by atoms with Gasteiger partial charge in [-0.2, -0.15) is 0 Å². The molecule has 0 heterocycles. The smallest absolute Gasteiger partial charge is 0.0150 e. The minimum Gasteiger partial charge on any atom is -0.126 e. The molecule has 2 aromatic carbocycles. The van der Waals surface area contributed by atoms with Crippen LogP contribution in [0.25, 0.3) is 10.8 Å². The first-order valence-electron chi connectivity index (χ1n) is 6.08. The molecule has 0 aliphatic carbocycles. The first-order valence-corrected chi connectivity index (χ1v) is 8.19. The third kappa shape index (κ3) is 3.75. The molecule has 0 radical (unpaired) electrons. The predicted octanol–water partition coefficient (Wildman–Crippen LogP) is 5.50.